The number of thioether (sulfide) groups is 1. The molecule has 1 atom stereocenters. The summed E-state index contributed by atoms with van der Waals surface area (Å²) in [5.41, 5.74) is 3.63. The van der Waals surface area contributed by atoms with Crippen LogP contribution in [0.3, 0.4) is 0 Å². The second-order valence-electron chi connectivity index (χ2n) is 8.47. The van der Waals surface area contributed by atoms with Gasteiger partial charge in [0.05, 0.1) is 11.4 Å². The van der Waals surface area contributed by atoms with Gasteiger partial charge in [0.1, 0.15) is 5.37 Å². The van der Waals surface area contributed by atoms with Crippen LogP contribution in [0.1, 0.15) is 26.9 Å². The van der Waals surface area contributed by atoms with Crippen LogP contribution in [0.25, 0.3) is 0 Å². The van der Waals surface area contributed by atoms with Gasteiger partial charge in [-0.1, -0.05) is 84.6 Å². The van der Waals surface area contributed by atoms with Crippen molar-refractivity contribution in [3.8, 4) is 0 Å². The molecule has 0 unspecified atom stereocenters. The summed E-state index contributed by atoms with van der Waals surface area (Å²) in [6, 6.07) is 35.8. The number of para-hydroxylation sites is 1. The molecule has 0 spiro atoms. The standard InChI is InChI=1S/C30H26N2O2S2/c33-28-21-35-30(32(28)20-19-22-9-3-1-4-10-22)24-17-15-23(16-18-24)29(34)31-26-13-7-8-14-27(26)36-25-11-5-2-6-12-25/h1-18,30H,19-21H2,(H,31,34)/t30-/m0/s1. The van der Waals surface area contributed by atoms with Crippen molar-refractivity contribution >= 4 is 41.0 Å². The summed E-state index contributed by atoms with van der Waals surface area (Å²) < 4.78 is 0. The van der Waals surface area contributed by atoms with E-state index in [1.54, 1.807) is 23.5 Å². The zero-order valence-corrected chi connectivity index (χ0v) is 21.3. The average molecular weight is 511 g/mol. The Kier molecular flexibility index (Phi) is 7.74. The fraction of sp³-hybridized carbons (Fsp3) is 0.133. The Morgan fingerprint density at radius 1 is 0.861 bits per heavy atom. The van der Waals surface area contributed by atoms with Crippen molar-refractivity contribution in [1.82, 2.24) is 4.90 Å². The van der Waals surface area contributed by atoms with E-state index in [1.807, 2.05) is 89.8 Å². The van der Waals surface area contributed by atoms with E-state index in [4.69, 9.17) is 0 Å². The van der Waals surface area contributed by atoms with Crippen LogP contribution in [0.5, 0.6) is 0 Å². The molecule has 1 N–H and O–H groups in total. The molecule has 1 fully saturated rings. The Balaban J connectivity index is 1.25. The van der Waals surface area contributed by atoms with Crippen LogP contribution >= 0.6 is 23.5 Å². The van der Waals surface area contributed by atoms with Gasteiger partial charge in [-0.3, -0.25) is 9.59 Å². The topological polar surface area (TPSA) is 49.4 Å². The number of nitrogens with zero attached hydrogens (tertiary/aromatic N) is 1. The van der Waals surface area contributed by atoms with Crippen LogP contribution in [-0.2, 0) is 11.2 Å². The van der Waals surface area contributed by atoms with E-state index in [0.29, 0.717) is 17.9 Å². The van der Waals surface area contributed by atoms with E-state index in [-0.39, 0.29) is 17.2 Å². The van der Waals surface area contributed by atoms with Gasteiger partial charge >= 0.3 is 0 Å². The lowest BCUT2D eigenvalue weighted by atomic mass is 10.1. The molecular weight excluding hydrogens is 484 g/mol. The minimum atomic E-state index is -0.154. The van der Waals surface area contributed by atoms with Crippen LogP contribution in [0.2, 0.25) is 0 Å². The molecule has 1 aliphatic rings. The van der Waals surface area contributed by atoms with Gasteiger partial charge in [-0.25, -0.2) is 0 Å². The third kappa shape index (κ3) is 5.83. The molecule has 1 aliphatic heterocycles. The largest absolute Gasteiger partial charge is 0.326 e. The van der Waals surface area contributed by atoms with Crippen molar-refractivity contribution in [2.45, 2.75) is 21.6 Å². The summed E-state index contributed by atoms with van der Waals surface area (Å²) in [4.78, 5) is 29.6. The summed E-state index contributed by atoms with van der Waals surface area (Å²) in [5, 5.41) is 3.03. The molecule has 0 aromatic heterocycles. The van der Waals surface area contributed by atoms with Gasteiger partial charge < -0.3 is 10.2 Å². The number of amides is 2. The number of hydrogen-bond acceptors (Lipinski definition) is 4. The number of nitrogens with one attached hydrogen (secondary N) is 1. The lowest BCUT2D eigenvalue weighted by Gasteiger charge is -2.24. The average Bonchev–Trinajstić information content (AvgIpc) is 3.30. The molecule has 0 aliphatic carbocycles. The van der Waals surface area contributed by atoms with Gasteiger partial charge in [0, 0.05) is 21.9 Å². The molecule has 1 saturated heterocycles. The fourth-order valence-corrected chi connectivity index (χ4v) is 6.28. The first-order chi connectivity index (χ1) is 17.7. The Bertz CT molecular complexity index is 1330. The molecule has 5 rings (SSSR count). The van der Waals surface area contributed by atoms with E-state index in [1.165, 1.54) is 5.56 Å². The fourth-order valence-electron chi connectivity index (χ4n) is 4.13. The highest BCUT2D eigenvalue weighted by atomic mass is 32.2. The number of benzene rings is 4. The highest BCUT2D eigenvalue weighted by Gasteiger charge is 2.32. The summed E-state index contributed by atoms with van der Waals surface area (Å²) in [6.07, 6.45) is 0.824. The third-order valence-corrected chi connectivity index (χ3v) is 8.36. The molecule has 6 heteroatoms. The van der Waals surface area contributed by atoms with Crippen molar-refractivity contribution in [1.29, 1.82) is 0 Å². The Morgan fingerprint density at radius 3 is 2.28 bits per heavy atom. The van der Waals surface area contributed by atoms with E-state index in [9.17, 15) is 9.59 Å². The normalized spacial score (nSPS) is 15.2. The molecule has 4 aromatic carbocycles. The SMILES string of the molecule is O=C(Nc1ccccc1Sc1ccccc1)c1ccc([C@@H]2SCC(=O)N2CCc2ccccc2)cc1. The maximum absolute atomic E-state index is 13.0. The molecule has 36 heavy (non-hydrogen) atoms. The number of rotatable bonds is 8. The van der Waals surface area contributed by atoms with Crippen molar-refractivity contribution in [3.63, 3.8) is 0 Å². The van der Waals surface area contributed by atoms with Gasteiger partial charge in [0.15, 0.2) is 0 Å². The molecule has 4 nitrogen and oxygen atoms in total. The second-order valence-corrected chi connectivity index (χ2v) is 10.7. The first-order valence-electron chi connectivity index (χ1n) is 11.9. The predicted octanol–water partition coefficient (Wildman–Crippen LogP) is 6.91. The highest BCUT2D eigenvalue weighted by Crippen LogP contribution is 2.39. The number of anilines is 1. The van der Waals surface area contributed by atoms with Crippen molar-refractivity contribution in [2.24, 2.45) is 0 Å². The predicted molar refractivity (Wildman–Crippen MR) is 148 cm³/mol. The highest BCUT2D eigenvalue weighted by molar-refractivity contribution is 8.00. The van der Waals surface area contributed by atoms with Crippen LogP contribution in [0, 0.1) is 0 Å². The molecular formula is C30H26N2O2S2. The van der Waals surface area contributed by atoms with Gasteiger partial charge in [0.25, 0.3) is 5.91 Å². The lowest BCUT2D eigenvalue weighted by molar-refractivity contribution is -0.128. The van der Waals surface area contributed by atoms with Gasteiger partial charge in [-0.15, -0.1) is 11.8 Å². The quantitative estimate of drug-likeness (QED) is 0.280. The van der Waals surface area contributed by atoms with E-state index in [0.717, 1.165) is 27.5 Å². The molecule has 0 bridgehead atoms. The summed E-state index contributed by atoms with van der Waals surface area (Å²) >= 11 is 3.26. The van der Waals surface area contributed by atoms with E-state index >= 15 is 0 Å². The van der Waals surface area contributed by atoms with Crippen molar-refractivity contribution in [2.75, 3.05) is 17.6 Å². The molecule has 0 radical (unpaired) electrons. The van der Waals surface area contributed by atoms with Crippen LogP contribution in [0.4, 0.5) is 5.69 Å². The second kappa shape index (κ2) is 11.5. The first kappa shape index (κ1) is 24.2. The van der Waals surface area contributed by atoms with Crippen LogP contribution < -0.4 is 5.32 Å². The Hall–Kier alpha value is -3.48. The third-order valence-electron chi connectivity index (χ3n) is 6.02. The monoisotopic (exact) mass is 510 g/mol. The Morgan fingerprint density at radius 2 is 1.53 bits per heavy atom. The molecule has 0 saturated carbocycles. The summed E-state index contributed by atoms with van der Waals surface area (Å²) in [6.45, 7) is 0.679. The molecule has 2 amide bonds. The summed E-state index contributed by atoms with van der Waals surface area (Å²) in [7, 11) is 0. The van der Waals surface area contributed by atoms with E-state index in [2.05, 4.69) is 29.6 Å². The van der Waals surface area contributed by atoms with Gasteiger partial charge in [0.2, 0.25) is 5.91 Å². The maximum Gasteiger partial charge on any atom is 0.255 e. The number of hydrogen-bond donors (Lipinski definition) is 1. The Labute approximate surface area is 220 Å². The van der Waals surface area contributed by atoms with Crippen LogP contribution in [-0.4, -0.2) is 29.0 Å². The minimum Gasteiger partial charge on any atom is -0.326 e. The van der Waals surface area contributed by atoms with Crippen LogP contribution in [0.15, 0.2) is 119 Å². The van der Waals surface area contributed by atoms with Gasteiger partial charge in [-0.05, 0) is 53.9 Å². The van der Waals surface area contributed by atoms with E-state index < -0.39 is 0 Å². The smallest absolute Gasteiger partial charge is 0.255 e. The number of carbonyl (C=O) groups is 2. The van der Waals surface area contributed by atoms with Crippen molar-refractivity contribution < 1.29 is 9.59 Å². The van der Waals surface area contributed by atoms with Crippen molar-refractivity contribution in [3.05, 3.63) is 126 Å². The zero-order valence-electron chi connectivity index (χ0n) is 19.7. The molecule has 180 valence electrons. The van der Waals surface area contributed by atoms with Gasteiger partial charge in [-0.2, -0.15) is 0 Å². The maximum atomic E-state index is 13.0. The lowest BCUT2D eigenvalue weighted by Crippen LogP contribution is -2.30. The molecule has 4 aromatic rings. The summed E-state index contributed by atoms with van der Waals surface area (Å²) in [5.74, 6) is 0.492. The number of carbonyl (C=O) groups excluding carboxylic acids is 2. The zero-order chi connectivity index (χ0) is 24.7. The minimum absolute atomic E-state index is 0.0266. The first-order valence-corrected chi connectivity index (χ1v) is 13.7. The molecule has 1 heterocycles.